The van der Waals surface area contributed by atoms with Gasteiger partial charge in [-0.2, -0.15) is 4.72 Å². The van der Waals surface area contributed by atoms with E-state index >= 15 is 0 Å². The predicted molar refractivity (Wildman–Crippen MR) is 120 cm³/mol. The van der Waals surface area contributed by atoms with E-state index in [1.807, 2.05) is 0 Å². The van der Waals surface area contributed by atoms with E-state index in [1.165, 1.54) is 18.2 Å². The van der Waals surface area contributed by atoms with Gasteiger partial charge in [0.25, 0.3) is 0 Å². The van der Waals surface area contributed by atoms with Gasteiger partial charge in [-0.05, 0) is 74.8 Å². The van der Waals surface area contributed by atoms with Gasteiger partial charge in [-0.3, -0.25) is 9.59 Å². The van der Waals surface area contributed by atoms with Crippen LogP contribution < -0.4 is 15.8 Å². The van der Waals surface area contributed by atoms with E-state index in [1.54, 1.807) is 0 Å². The van der Waals surface area contributed by atoms with Crippen molar-refractivity contribution in [3.05, 3.63) is 30.1 Å². The van der Waals surface area contributed by atoms with Crippen LogP contribution in [0.25, 0.3) is 0 Å². The lowest BCUT2D eigenvalue weighted by atomic mass is 9.47. The number of nitrogens with one attached hydrogen (secondary N) is 2. The third-order valence-corrected chi connectivity index (χ3v) is 10.3. The normalized spacial score (nSPS) is 34.7. The molecule has 0 spiro atoms. The Morgan fingerprint density at radius 1 is 1.00 bits per heavy atom. The number of primary amides is 1. The smallest absolute Gasteiger partial charge is 0.244 e. The molecule has 5 fully saturated rings. The predicted octanol–water partition coefficient (Wildman–Crippen LogP) is 2.60. The summed E-state index contributed by atoms with van der Waals surface area (Å²) < 4.78 is 43.1. The first kappa shape index (κ1) is 22.8. The van der Waals surface area contributed by atoms with E-state index in [-0.39, 0.29) is 29.7 Å². The van der Waals surface area contributed by atoms with Gasteiger partial charge in [-0.1, -0.05) is 31.4 Å². The molecule has 2 amide bonds. The van der Waals surface area contributed by atoms with E-state index in [9.17, 15) is 22.4 Å². The van der Waals surface area contributed by atoms with Gasteiger partial charge in [0.15, 0.2) is 0 Å². The fraction of sp³-hybridized carbons (Fsp3) is 0.667. The number of carbonyl (C=O) groups is 2. The quantitative estimate of drug-likeness (QED) is 0.584. The number of nitrogens with two attached hydrogens (primary N) is 1. The molecule has 6 rings (SSSR count). The second-order valence-electron chi connectivity index (χ2n) is 10.8. The first-order valence-electron chi connectivity index (χ1n) is 12.0. The van der Waals surface area contributed by atoms with Crippen molar-refractivity contribution in [2.45, 2.75) is 80.7 Å². The molecule has 180 valence electrons. The molecule has 5 aliphatic carbocycles. The van der Waals surface area contributed by atoms with Crippen molar-refractivity contribution in [3.8, 4) is 0 Å². The molecule has 0 radical (unpaired) electrons. The Hall–Kier alpha value is -2.00. The van der Waals surface area contributed by atoms with Gasteiger partial charge in [-0.25, -0.2) is 12.8 Å². The summed E-state index contributed by atoms with van der Waals surface area (Å²) in [7, 11) is -4.22. The minimum atomic E-state index is -4.22. The topological polar surface area (TPSA) is 118 Å². The monoisotopic (exact) mass is 477 g/mol. The number of carbonyl (C=O) groups excluding carboxylic acids is 2. The van der Waals surface area contributed by atoms with Crippen LogP contribution in [0.1, 0.15) is 64.2 Å². The van der Waals surface area contributed by atoms with Gasteiger partial charge >= 0.3 is 0 Å². The summed E-state index contributed by atoms with van der Waals surface area (Å²) in [6.07, 6.45) is 7.27. The zero-order valence-corrected chi connectivity index (χ0v) is 19.5. The van der Waals surface area contributed by atoms with Crippen LogP contribution >= 0.6 is 0 Å². The lowest BCUT2D eigenvalue weighted by molar-refractivity contribution is -0.148. The van der Waals surface area contributed by atoms with Crippen LogP contribution in [0.15, 0.2) is 29.2 Å². The summed E-state index contributed by atoms with van der Waals surface area (Å²) in [5.41, 5.74) is 4.03. The zero-order valence-electron chi connectivity index (χ0n) is 18.7. The molecule has 33 heavy (non-hydrogen) atoms. The molecule has 2 unspecified atom stereocenters. The molecule has 2 atom stereocenters. The van der Waals surface area contributed by atoms with Gasteiger partial charge in [0, 0.05) is 11.5 Å². The maximum absolute atomic E-state index is 14.3. The van der Waals surface area contributed by atoms with Crippen LogP contribution in [0.5, 0.6) is 0 Å². The fourth-order valence-electron chi connectivity index (χ4n) is 7.36. The largest absolute Gasteiger partial charge is 0.369 e. The van der Waals surface area contributed by atoms with E-state index in [0.717, 1.165) is 44.6 Å². The van der Waals surface area contributed by atoms with Crippen molar-refractivity contribution in [2.24, 2.45) is 28.9 Å². The zero-order chi connectivity index (χ0) is 23.4. The highest BCUT2D eigenvalue weighted by Gasteiger charge is 2.58. The Bertz CT molecular complexity index is 1050. The average Bonchev–Trinajstić information content (AvgIpc) is 2.76. The lowest BCUT2D eigenvalue weighted by Crippen LogP contribution is -2.66. The molecule has 1 aromatic carbocycles. The van der Waals surface area contributed by atoms with Crippen molar-refractivity contribution in [1.29, 1.82) is 0 Å². The van der Waals surface area contributed by atoms with E-state index in [4.69, 9.17) is 5.73 Å². The summed E-state index contributed by atoms with van der Waals surface area (Å²) in [5.74, 6) is -0.575. The molecule has 5 saturated carbocycles. The molecule has 0 heterocycles. The lowest BCUT2D eigenvalue weighted by Gasteiger charge is -2.59. The molecular weight excluding hydrogens is 445 g/mol. The summed E-state index contributed by atoms with van der Waals surface area (Å²) in [6, 6.07) is 5.13. The molecule has 0 aromatic heterocycles. The van der Waals surface area contributed by atoms with Crippen LogP contribution in [-0.4, -0.2) is 31.8 Å². The van der Waals surface area contributed by atoms with Crippen molar-refractivity contribution >= 4 is 21.8 Å². The van der Waals surface area contributed by atoms with Crippen LogP contribution in [0.3, 0.4) is 0 Å². The molecular formula is C24H32FN3O4S. The highest BCUT2D eigenvalue weighted by atomic mass is 32.2. The van der Waals surface area contributed by atoms with Crippen molar-refractivity contribution in [3.63, 3.8) is 0 Å². The summed E-state index contributed by atoms with van der Waals surface area (Å²) in [4.78, 5) is 25.5. The fourth-order valence-corrected chi connectivity index (χ4v) is 8.86. The SMILES string of the molecule is NC(=O)C12CC3CC(C1)C(NC(=O)C1(NS(=O)(=O)c4ccccc4F)CCCCC1)C(C3)C2. The molecule has 4 bridgehead atoms. The number of hydrogen-bond donors (Lipinski definition) is 3. The first-order valence-corrected chi connectivity index (χ1v) is 13.5. The van der Waals surface area contributed by atoms with Crippen molar-refractivity contribution in [2.75, 3.05) is 0 Å². The van der Waals surface area contributed by atoms with E-state index < -0.39 is 31.7 Å². The van der Waals surface area contributed by atoms with Crippen molar-refractivity contribution in [1.82, 2.24) is 10.0 Å². The van der Waals surface area contributed by atoms with Crippen LogP contribution in [0.4, 0.5) is 4.39 Å². The standard InChI is InChI=1S/C24H32FN3O4S/c25-18-6-2-3-7-19(18)33(31,32)28-24(8-4-1-5-9-24)22(30)27-20-16-10-15-11-17(20)14-23(12-15,13-16)21(26)29/h2-3,6-7,15-17,20,28H,1,4-5,8-14H2,(H2,26,29)(H,27,30). The third-order valence-electron chi connectivity index (χ3n) is 8.69. The number of benzene rings is 1. The minimum absolute atomic E-state index is 0.0849. The van der Waals surface area contributed by atoms with Gasteiger partial charge in [0.05, 0.1) is 0 Å². The third kappa shape index (κ3) is 3.87. The Labute approximate surface area is 194 Å². The number of sulfonamides is 1. The van der Waals surface area contributed by atoms with E-state index in [2.05, 4.69) is 10.0 Å². The number of hydrogen-bond acceptors (Lipinski definition) is 4. The highest BCUT2D eigenvalue weighted by molar-refractivity contribution is 7.89. The maximum Gasteiger partial charge on any atom is 0.244 e. The average molecular weight is 478 g/mol. The minimum Gasteiger partial charge on any atom is -0.369 e. The van der Waals surface area contributed by atoms with Gasteiger partial charge < -0.3 is 11.1 Å². The second kappa shape index (κ2) is 8.05. The Balaban J connectivity index is 1.39. The second-order valence-corrected chi connectivity index (χ2v) is 12.4. The molecule has 1 aromatic rings. The Kier molecular flexibility index (Phi) is 5.55. The van der Waals surface area contributed by atoms with Crippen LogP contribution in [0.2, 0.25) is 0 Å². The summed E-state index contributed by atoms with van der Waals surface area (Å²) >= 11 is 0. The molecule has 9 heteroatoms. The summed E-state index contributed by atoms with van der Waals surface area (Å²) in [6.45, 7) is 0. The Morgan fingerprint density at radius 3 is 2.24 bits per heavy atom. The first-order chi connectivity index (χ1) is 15.6. The molecule has 5 aliphatic rings. The van der Waals surface area contributed by atoms with Gasteiger partial charge in [-0.15, -0.1) is 0 Å². The summed E-state index contributed by atoms with van der Waals surface area (Å²) in [5, 5.41) is 3.21. The maximum atomic E-state index is 14.3. The van der Waals surface area contributed by atoms with Gasteiger partial charge in [0.1, 0.15) is 16.3 Å². The van der Waals surface area contributed by atoms with Gasteiger partial charge in [0.2, 0.25) is 21.8 Å². The number of halogens is 1. The molecule has 4 N–H and O–H groups in total. The molecule has 7 nitrogen and oxygen atoms in total. The van der Waals surface area contributed by atoms with Crippen LogP contribution in [-0.2, 0) is 19.6 Å². The van der Waals surface area contributed by atoms with E-state index in [0.29, 0.717) is 31.6 Å². The highest BCUT2D eigenvalue weighted by Crippen LogP contribution is 2.60. The molecule has 0 saturated heterocycles. The molecule has 0 aliphatic heterocycles. The van der Waals surface area contributed by atoms with Crippen LogP contribution in [0, 0.1) is 29.0 Å². The van der Waals surface area contributed by atoms with Crippen molar-refractivity contribution < 1.29 is 22.4 Å². The number of rotatable bonds is 6. The number of amides is 2. The Morgan fingerprint density at radius 2 is 1.64 bits per heavy atom.